The smallest absolute Gasteiger partial charge is 0.140 e. The number of aromatic amines is 1. The highest BCUT2D eigenvalue weighted by molar-refractivity contribution is 5.79. The van der Waals surface area contributed by atoms with Crippen molar-refractivity contribution < 1.29 is 0 Å². The largest absolute Gasteiger partial charge is 0.346 e. The third-order valence-electron chi connectivity index (χ3n) is 3.40. The van der Waals surface area contributed by atoms with Crippen molar-refractivity contribution in [2.24, 2.45) is 0 Å². The fourth-order valence-electron chi connectivity index (χ4n) is 2.48. The molecule has 4 heterocycles. The molecule has 2 aromatic rings. The van der Waals surface area contributed by atoms with Gasteiger partial charge in [0, 0.05) is 35.7 Å². The van der Waals surface area contributed by atoms with Crippen LogP contribution in [0.25, 0.3) is 22.4 Å². The van der Waals surface area contributed by atoms with E-state index >= 15 is 0 Å². The van der Waals surface area contributed by atoms with Crippen molar-refractivity contribution in [3.8, 4) is 11.4 Å². The van der Waals surface area contributed by atoms with Crippen LogP contribution in [-0.2, 0) is 6.54 Å². The molecule has 0 radical (unpaired) electrons. The molecule has 19 heavy (non-hydrogen) atoms. The Kier molecular flexibility index (Phi) is 2.14. The molecule has 0 aromatic carbocycles. The fraction of sp³-hybridized carbons (Fsp3) is 0.0667. The molecular weight excluding hydrogens is 236 g/mol. The van der Waals surface area contributed by atoms with Crippen LogP contribution in [0.4, 0.5) is 0 Å². The summed E-state index contributed by atoms with van der Waals surface area (Å²) in [7, 11) is 0. The Hall–Kier alpha value is -2.62. The molecule has 2 aromatic heterocycles. The quantitative estimate of drug-likeness (QED) is 0.593. The number of H-pyrrole nitrogens is 1. The molecule has 0 fully saturated rings. The molecule has 0 atom stereocenters. The van der Waals surface area contributed by atoms with Gasteiger partial charge in [0.15, 0.2) is 0 Å². The number of aromatic nitrogens is 4. The van der Waals surface area contributed by atoms with Crippen molar-refractivity contribution in [1.29, 1.82) is 0 Å². The van der Waals surface area contributed by atoms with E-state index < -0.39 is 0 Å². The zero-order valence-electron chi connectivity index (χ0n) is 10.2. The molecule has 4 nitrogen and oxygen atoms in total. The molecule has 92 valence electrons. The number of nitrogens with zero attached hydrogens (tertiary/aromatic N) is 3. The zero-order chi connectivity index (χ0) is 12.7. The van der Waals surface area contributed by atoms with Gasteiger partial charge in [0.25, 0.3) is 0 Å². The fourth-order valence-corrected chi connectivity index (χ4v) is 2.48. The first-order valence-corrected chi connectivity index (χ1v) is 6.23. The molecule has 4 rings (SSSR count). The van der Waals surface area contributed by atoms with E-state index in [0.717, 1.165) is 18.0 Å². The second-order valence-corrected chi connectivity index (χ2v) is 4.57. The second kappa shape index (κ2) is 3.95. The summed E-state index contributed by atoms with van der Waals surface area (Å²) in [6, 6.07) is 10.2. The third kappa shape index (κ3) is 1.61. The standard InChI is InChI=1S/C15H12N4/c1-4-13-12(9-18-14(13)16-6-1)10-19-8-2-3-11-5-7-17-15(11)19/h1-9H,10H2,(H,16,18). The van der Waals surface area contributed by atoms with E-state index in [1.807, 2.05) is 24.5 Å². The summed E-state index contributed by atoms with van der Waals surface area (Å²) in [6.07, 6.45) is 7.73. The summed E-state index contributed by atoms with van der Waals surface area (Å²) in [5.74, 6) is 1.01. The van der Waals surface area contributed by atoms with E-state index in [0.29, 0.717) is 0 Å². The van der Waals surface area contributed by atoms with Gasteiger partial charge in [-0.25, -0.2) is 9.97 Å². The predicted octanol–water partition coefficient (Wildman–Crippen LogP) is 2.91. The number of pyridine rings is 2. The number of rotatable bonds is 2. The molecule has 0 spiro atoms. The molecule has 4 heteroatoms. The van der Waals surface area contributed by atoms with Crippen LogP contribution in [0.2, 0.25) is 0 Å². The normalized spacial score (nSPS) is 11.4. The monoisotopic (exact) mass is 248 g/mol. The van der Waals surface area contributed by atoms with Crippen LogP contribution in [0.5, 0.6) is 0 Å². The number of nitrogens with one attached hydrogen (secondary N) is 1. The Morgan fingerprint density at radius 2 is 2.05 bits per heavy atom. The number of hydrogen-bond acceptors (Lipinski definition) is 2. The minimum absolute atomic E-state index is 0.792. The van der Waals surface area contributed by atoms with Gasteiger partial charge in [-0.15, -0.1) is 0 Å². The molecule has 0 saturated carbocycles. The van der Waals surface area contributed by atoms with E-state index in [4.69, 9.17) is 0 Å². The summed E-state index contributed by atoms with van der Waals surface area (Å²) in [6.45, 7) is 0.792. The number of fused-ring (bicyclic) bond motifs is 2. The highest BCUT2D eigenvalue weighted by Gasteiger charge is 2.10. The van der Waals surface area contributed by atoms with Gasteiger partial charge in [-0.05, 0) is 35.9 Å². The maximum absolute atomic E-state index is 4.42. The molecule has 2 aliphatic rings. The Bertz CT molecular complexity index is 812. The first-order chi connectivity index (χ1) is 9.42. The van der Waals surface area contributed by atoms with Crippen LogP contribution in [0.15, 0.2) is 55.1 Å². The molecule has 0 bridgehead atoms. The summed E-state index contributed by atoms with van der Waals surface area (Å²) < 4.78 is 2.16. The van der Waals surface area contributed by atoms with Gasteiger partial charge in [0.05, 0.1) is 6.54 Å². The Balaban J connectivity index is 1.81. The van der Waals surface area contributed by atoms with Crippen molar-refractivity contribution in [2.45, 2.75) is 6.54 Å². The summed E-state index contributed by atoms with van der Waals surface area (Å²) in [4.78, 5) is 11.9. The lowest BCUT2D eigenvalue weighted by molar-refractivity contribution is 0.790. The van der Waals surface area contributed by atoms with E-state index in [-0.39, 0.29) is 0 Å². The predicted molar refractivity (Wildman–Crippen MR) is 74.0 cm³/mol. The second-order valence-electron chi connectivity index (χ2n) is 4.57. The maximum Gasteiger partial charge on any atom is 0.140 e. The summed E-state index contributed by atoms with van der Waals surface area (Å²) in [5.41, 5.74) is 3.32. The van der Waals surface area contributed by atoms with Crippen molar-refractivity contribution >= 4 is 11.0 Å². The van der Waals surface area contributed by atoms with Crippen molar-refractivity contribution in [1.82, 2.24) is 19.5 Å². The van der Waals surface area contributed by atoms with Gasteiger partial charge in [-0.2, -0.15) is 0 Å². The van der Waals surface area contributed by atoms with Crippen molar-refractivity contribution in [3.05, 3.63) is 60.7 Å². The Labute approximate surface area is 110 Å². The van der Waals surface area contributed by atoms with Gasteiger partial charge >= 0.3 is 0 Å². The first kappa shape index (κ1) is 10.3. The number of hydrogen-bond donors (Lipinski definition) is 1. The van der Waals surface area contributed by atoms with Gasteiger partial charge in [-0.3, -0.25) is 0 Å². The average Bonchev–Trinajstić information content (AvgIpc) is 3.06. The average molecular weight is 248 g/mol. The SMILES string of the molecule is c1cnc2[nH]cc(Cn3cccc4ccnc3-4)c2c1. The topological polar surface area (TPSA) is 46.5 Å². The van der Waals surface area contributed by atoms with E-state index in [1.165, 1.54) is 16.5 Å². The van der Waals surface area contributed by atoms with Gasteiger partial charge in [-0.1, -0.05) is 0 Å². The summed E-state index contributed by atoms with van der Waals surface area (Å²) in [5, 5.41) is 1.17. The third-order valence-corrected chi connectivity index (χ3v) is 3.40. The van der Waals surface area contributed by atoms with E-state index in [9.17, 15) is 0 Å². The molecule has 0 amide bonds. The molecule has 1 N–H and O–H groups in total. The van der Waals surface area contributed by atoms with E-state index in [2.05, 4.69) is 43.9 Å². The van der Waals surface area contributed by atoms with E-state index in [1.54, 1.807) is 6.20 Å². The molecule has 0 saturated heterocycles. The van der Waals surface area contributed by atoms with Crippen LogP contribution in [-0.4, -0.2) is 19.5 Å². The summed E-state index contributed by atoms with van der Waals surface area (Å²) >= 11 is 0. The molecule has 2 aliphatic heterocycles. The van der Waals surface area contributed by atoms with Crippen LogP contribution >= 0.6 is 0 Å². The molecule has 0 aliphatic carbocycles. The van der Waals surface area contributed by atoms with Crippen LogP contribution in [0, 0.1) is 0 Å². The minimum atomic E-state index is 0.792. The zero-order valence-corrected chi connectivity index (χ0v) is 10.2. The van der Waals surface area contributed by atoms with Crippen molar-refractivity contribution in [2.75, 3.05) is 0 Å². The first-order valence-electron chi connectivity index (χ1n) is 6.23. The highest BCUT2D eigenvalue weighted by atomic mass is 15.0. The molecular formula is C15H12N4. The maximum atomic E-state index is 4.42. The van der Waals surface area contributed by atoms with Crippen LogP contribution in [0.1, 0.15) is 5.56 Å². The lowest BCUT2D eigenvalue weighted by atomic mass is 10.2. The van der Waals surface area contributed by atoms with Crippen LogP contribution < -0.4 is 0 Å². The van der Waals surface area contributed by atoms with Gasteiger partial charge < -0.3 is 9.55 Å². The highest BCUT2D eigenvalue weighted by Crippen LogP contribution is 2.22. The molecule has 0 unspecified atom stereocenters. The lowest BCUT2D eigenvalue weighted by Crippen LogP contribution is -2.03. The Morgan fingerprint density at radius 1 is 1.05 bits per heavy atom. The van der Waals surface area contributed by atoms with Crippen molar-refractivity contribution in [3.63, 3.8) is 0 Å². The van der Waals surface area contributed by atoms with Gasteiger partial charge in [0.1, 0.15) is 11.5 Å². The minimum Gasteiger partial charge on any atom is -0.346 e. The van der Waals surface area contributed by atoms with Gasteiger partial charge in [0.2, 0.25) is 0 Å². The Morgan fingerprint density at radius 3 is 3.05 bits per heavy atom. The van der Waals surface area contributed by atoms with Crippen LogP contribution in [0.3, 0.4) is 0 Å². The lowest BCUT2D eigenvalue weighted by Gasteiger charge is -2.10.